The van der Waals surface area contributed by atoms with Gasteiger partial charge in [-0.1, -0.05) is 54.6 Å². The number of benzene rings is 2. The summed E-state index contributed by atoms with van der Waals surface area (Å²) in [5.74, 6) is -1.94. The molecule has 2 aliphatic carbocycles. The highest BCUT2D eigenvalue weighted by Gasteiger charge is 2.40. The van der Waals surface area contributed by atoms with Gasteiger partial charge in [-0.2, -0.15) is 0 Å². The minimum atomic E-state index is -1.03. The molecule has 2 aliphatic rings. The predicted molar refractivity (Wildman–Crippen MR) is 82.4 cm³/mol. The number of fused-ring (bicyclic) bond motifs is 2. The molecule has 0 fully saturated rings. The number of aliphatic hydroxyl groups is 1. The van der Waals surface area contributed by atoms with Gasteiger partial charge in [0.2, 0.25) is 0 Å². The smallest absolute Gasteiger partial charge is 0.197 e. The second kappa shape index (κ2) is 4.83. The van der Waals surface area contributed by atoms with E-state index in [-0.39, 0.29) is 22.9 Å². The molecule has 0 radical (unpaired) electrons. The van der Waals surface area contributed by atoms with Crippen LogP contribution in [0.2, 0.25) is 0 Å². The maximum Gasteiger partial charge on any atom is 0.197 e. The van der Waals surface area contributed by atoms with Crippen molar-refractivity contribution in [1.82, 2.24) is 0 Å². The first kappa shape index (κ1) is 13.8. The van der Waals surface area contributed by atoms with Crippen LogP contribution in [0.5, 0.6) is 0 Å². The van der Waals surface area contributed by atoms with Gasteiger partial charge < -0.3 is 5.11 Å². The third-order valence-electron chi connectivity index (χ3n) is 4.44. The summed E-state index contributed by atoms with van der Waals surface area (Å²) < 4.78 is 0. The Hall–Kier alpha value is -2.85. The van der Waals surface area contributed by atoms with Crippen LogP contribution in [0.15, 0.2) is 60.2 Å². The van der Waals surface area contributed by atoms with Crippen molar-refractivity contribution in [2.75, 3.05) is 0 Å². The van der Waals surface area contributed by atoms with E-state index in [9.17, 15) is 19.5 Å². The van der Waals surface area contributed by atoms with Gasteiger partial charge >= 0.3 is 0 Å². The molecule has 112 valence electrons. The van der Waals surface area contributed by atoms with Crippen LogP contribution in [0, 0.1) is 5.92 Å². The summed E-state index contributed by atoms with van der Waals surface area (Å²) in [6.07, 6.45) is 0.299. The molecule has 0 saturated heterocycles. The summed E-state index contributed by atoms with van der Waals surface area (Å²) >= 11 is 0. The third kappa shape index (κ3) is 1.85. The van der Waals surface area contributed by atoms with Crippen molar-refractivity contribution in [3.63, 3.8) is 0 Å². The van der Waals surface area contributed by atoms with Gasteiger partial charge in [0.25, 0.3) is 0 Å². The van der Waals surface area contributed by atoms with Gasteiger partial charge in [0.15, 0.2) is 17.3 Å². The van der Waals surface area contributed by atoms with Gasteiger partial charge in [0, 0.05) is 16.7 Å². The van der Waals surface area contributed by atoms with Crippen molar-refractivity contribution in [1.29, 1.82) is 0 Å². The summed E-state index contributed by atoms with van der Waals surface area (Å²) in [5, 5.41) is 10.4. The quantitative estimate of drug-likeness (QED) is 0.649. The molecule has 0 saturated carbocycles. The number of Topliss-reactive ketones (excluding diaryl/α,β-unsaturated/α-hetero) is 3. The Bertz CT molecular complexity index is 870. The van der Waals surface area contributed by atoms with Crippen molar-refractivity contribution >= 4 is 17.3 Å². The zero-order valence-corrected chi connectivity index (χ0v) is 12.0. The lowest BCUT2D eigenvalue weighted by Gasteiger charge is -2.09. The summed E-state index contributed by atoms with van der Waals surface area (Å²) in [4.78, 5) is 37.3. The SMILES string of the molecule is O=C1C(=CC2C(=O)c3ccccc3C2O)C(=O)c2ccccc21. The van der Waals surface area contributed by atoms with E-state index >= 15 is 0 Å². The molecule has 4 heteroatoms. The van der Waals surface area contributed by atoms with Gasteiger partial charge in [-0.3, -0.25) is 14.4 Å². The number of ketones is 3. The summed E-state index contributed by atoms with van der Waals surface area (Å²) in [5.41, 5.74) is 1.64. The van der Waals surface area contributed by atoms with E-state index in [0.717, 1.165) is 0 Å². The number of allylic oxidation sites excluding steroid dienone is 1. The Balaban J connectivity index is 1.78. The zero-order chi connectivity index (χ0) is 16.1. The molecule has 23 heavy (non-hydrogen) atoms. The van der Waals surface area contributed by atoms with Crippen molar-refractivity contribution in [3.8, 4) is 0 Å². The topological polar surface area (TPSA) is 71.4 Å². The van der Waals surface area contributed by atoms with Crippen LogP contribution < -0.4 is 0 Å². The van der Waals surface area contributed by atoms with E-state index in [1.807, 2.05) is 0 Å². The van der Waals surface area contributed by atoms with Gasteiger partial charge in [-0.05, 0) is 5.56 Å². The molecule has 1 N–H and O–H groups in total. The minimum Gasteiger partial charge on any atom is -0.387 e. The average molecular weight is 304 g/mol. The molecular formula is C19H12O4. The highest BCUT2D eigenvalue weighted by Crippen LogP contribution is 2.38. The number of rotatable bonds is 1. The number of hydrogen-bond acceptors (Lipinski definition) is 4. The summed E-state index contributed by atoms with van der Waals surface area (Å²) in [7, 11) is 0. The van der Waals surface area contributed by atoms with Crippen molar-refractivity contribution < 1.29 is 19.5 Å². The Morgan fingerprint density at radius 3 is 1.87 bits per heavy atom. The fourth-order valence-corrected chi connectivity index (χ4v) is 3.27. The minimum absolute atomic E-state index is 0.0311. The van der Waals surface area contributed by atoms with Crippen molar-refractivity contribution in [2.45, 2.75) is 6.10 Å². The monoisotopic (exact) mass is 304 g/mol. The Morgan fingerprint density at radius 1 is 0.783 bits per heavy atom. The molecule has 2 aromatic rings. The molecule has 0 aromatic heterocycles. The lowest BCUT2D eigenvalue weighted by atomic mass is 9.97. The number of aliphatic hydroxyl groups excluding tert-OH is 1. The molecule has 4 nitrogen and oxygen atoms in total. The highest BCUT2D eigenvalue weighted by molar-refractivity contribution is 6.39. The zero-order valence-electron chi connectivity index (χ0n) is 12.0. The number of carbonyl (C=O) groups excluding carboxylic acids is 3. The van der Waals surface area contributed by atoms with E-state index < -0.39 is 12.0 Å². The van der Waals surface area contributed by atoms with Crippen LogP contribution in [0.1, 0.15) is 42.7 Å². The van der Waals surface area contributed by atoms with Crippen LogP contribution in [-0.2, 0) is 0 Å². The van der Waals surface area contributed by atoms with E-state index in [0.29, 0.717) is 22.3 Å². The van der Waals surface area contributed by atoms with Gasteiger partial charge in [0.1, 0.15) is 0 Å². The first-order valence-electron chi connectivity index (χ1n) is 7.31. The fraction of sp³-hybridized carbons (Fsp3) is 0.105. The second-order valence-corrected chi connectivity index (χ2v) is 5.71. The Kier molecular flexibility index (Phi) is 2.89. The molecule has 0 spiro atoms. The molecule has 4 rings (SSSR count). The number of hydrogen-bond donors (Lipinski definition) is 1. The molecular weight excluding hydrogens is 292 g/mol. The molecule has 2 unspecified atom stereocenters. The van der Waals surface area contributed by atoms with E-state index in [1.54, 1.807) is 48.5 Å². The Labute approximate surface area is 132 Å². The largest absolute Gasteiger partial charge is 0.387 e. The molecule has 2 atom stereocenters. The lowest BCUT2D eigenvalue weighted by molar-refractivity contribution is 0.0832. The van der Waals surface area contributed by atoms with Crippen LogP contribution in [0.3, 0.4) is 0 Å². The standard InChI is InChI=1S/C19H12O4/c20-16-10-5-1-2-6-11(10)17(21)14(16)9-15-18(22)12-7-3-4-8-13(12)19(15)23/h1-9,14,16,20H. The van der Waals surface area contributed by atoms with Crippen molar-refractivity contribution in [3.05, 3.63) is 82.4 Å². The second-order valence-electron chi connectivity index (χ2n) is 5.71. The van der Waals surface area contributed by atoms with E-state index in [2.05, 4.69) is 0 Å². The van der Waals surface area contributed by atoms with E-state index in [4.69, 9.17) is 0 Å². The van der Waals surface area contributed by atoms with Gasteiger partial charge in [-0.25, -0.2) is 0 Å². The predicted octanol–water partition coefficient (Wildman–Crippen LogP) is 2.54. The number of carbonyl (C=O) groups is 3. The molecule has 2 aromatic carbocycles. The maximum absolute atomic E-state index is 12.5. The van der Waals surface area contributed by atoms with Gasteiger partial charge in [0.05, 0.1) is 17.6 Å². The normalized spacial score (nSPS) is 22.3. The lowest BCUT2D eigenvalue weighted by Crippen LogP contribution is -2.14. The van der Waals surface area contributed by atoms with Crippen LogP contribution in [0.25, 0.3) is 0 Å². The molecule has 0 heterocycles. The first-order chi connectivity index (χ1) is 11.1. The average Bonchev–Trinajstić information content (AvgIpc) is 2.97. The molecule has 0 bridgehead atoms. The Morgan fingerprint density at radius 2 is 1.30 bits per heavy atom. The van der Waals surface area contributed by atoms with Crippen LogP contribution in [-0.4, -0.2) is 22.5 Å². The van der Waals surface area contributed by atoms with Crippen LogP contribution in [0.4, 0.5) is 0 Å². The van der Waals surface area contributed by atoms with Gasteiger partial charge in [-0.15, -0.1) is 0 Å². The van der Waals surface area contributed by atoms with Crippen molar-refractivity contribution in [2.24, 2.45) is 5.92 Å². The maximum atomic E-state index is 12.5. The fourth-order valence-electron chi connectivity index (χ4n) is 3.27. The molecule has 0 amide bonds. The van der Waals surface area contributed by atoms with Crippen LogP contribution >= 0.6 is 0 Å². The van der Waals surface area contributed by atoms with E-state index in [1.165, 1.54) is 6.08 Å². The molecule has 0 aliphatic heterocycles. The highest BCUT2D eigenvalue weighted by atomic mass is 16.3. The first-order valence-corrected chi connectivity index (χ1v) is 7.31. The third-order valence-corrected chi connectivity index (χ3v) is 4.44. The summed E-state index contributed by atoms with van der Waals surface area (Å²) in [6, 6.07) is 13.4. The summed E-state index contributed by atoms with van der Waals surface area (Å²) in [6.45, 7) is 0.